The Labute approximate surface area is 97.1 Å². The van der Waals surface area contributed by atoms with Crippen LogP contribution < -0.4 is 0 Å². The van der Waals surface area contributed by atoms with Crippen molar-refractivity contribution >= 4 is 5.71 Å². The maximum atomic E-state index is 9.11. The molecule has 0 aromatic carbocycles. The monoisotopic (exact) mass is 220 g/mol. The molecular weight excluding hydrogens is 200 g/mol. The Morgan fingerprint density at radius 2 is 2.12 bits per heavy atom. The summed E-state index contributed by atoms with van der Waals surface area (Å²) in [5.74, 6) is 0. The number of rotatable bonds is 3. The van der Waals surface area contributed by atoms with E-state index < -0.39 is 0 Å². The third-order valence-corrected chi connectivity index (χ3v) is 3.33. The second-order valence-corrected chi connectivity index (χ2v) is 4.54. The standard InChI is InChI=1S/C13H20N2O/c16-14-13(12-7-3-1-4-8-12)11-15-9-5-2-6-10-15/h1,3,7,16H,2,4-6,8-11H2/b14-13-. The predicted octanol–water partition coefficient (Wildman–Crippen LogP) is 2.58. The van der Waals surface area contributed by atoms with Crippen LogP contribution in [0.15, 0.2) is 29.0 Å². The lowest BCUT2D eigenvalue weighted by Gasteiger charge is -2.27. The maximum absolute atomic E-state index is 9.11. The molecule has 0 amide bonds. The molecule has 1 saturated heterocycles. The van der Waals surface area contributed by atoms with Crippen molar-refractivity contribution in [3.05, 3.63) is 23.8 Å². The summed E-state index contributed by atoms with van der Waals surface area (Å²) in [7, 11) is 0. The first-order chi connectivity index (χ1) is 7.90. The van der Waals surface area contributed by atoms with E-state index in [0.29, 0.717) is 0 Å². The third-order valence-electron chi connectivity index (χ3n) is 3.33. The highest BCUT2D eigenvalue weighted by atomic mass is 16.4. The summed E-state index contributed by atoms with van der Waals surface area (Å²) >= 11 is 0. The quantitative estimate of drug-likeness (QED) is 0.451. The second-order valence-electron chi connectivity index (χ2n) is 4.54. The minimum Gasteiger partial charge on any atom is -0.411 e. The maximum Gasteiger partial charge on any atom is 0.0967 e. The second kappa shape index (κ2) is 5.85. The molecule has 2 rings (SSSR count). The van der Waals surface area contributed by atoms with Crippen molar-refractivity contribution in [2.75, 3.05) is 19.6 Å². The SMILES string of the molecule is O/N=C(/CN1CCCCC1)C1=CC=CCC1. The lowest BCUT2D eigenvalue weighted by atomic mass is 9.99. The highest BCUT2D eigenvalue weighted by Crippen LogP contribution is 2.16. The van der Waals surface area contributed by atoms with Crippen molar-refractivity contribution in [1.82, 2.24) is 4.90 Å². The van der Waals surface area contributed by atoms with E-state index in [4.69, 9.17) is 5.21 Å². The van der Waals surface area contributed by atoms with Crippen molar-refractivity contribution in [2.45, 2.75) is 32.1 Å². The molecule has 1 fully saturated rings. The Morgan fingerprint density at radius 1 is 1.31 bits per heavy atom. The molecule has 16 heavy (non-hydrogen) atoms. The van der Waals surface area contributed by atoms with Crippen LogP contribution in [0.1, 0.15) is 32.1 Å². The van der Waals surface area contributed by atoms with E-state index in [0.717, 1.165) is 38.2 Å². The van der Waals surface area contributed by atoms with Gasteiger partial charge in [0.1, 0.15) is 0 Å². The largest absolute Gasteiger partial charge is 0.411 e. The van der Waals surface area contributed by atoms with Gasteiger partial charge in [-0.25, -0.2) is 0 Å². The van der Waals surface area contributed by atoms with Crippen LogP contribution in [0.4, 0.5) is 0 Å². The van der Waals surface area contributed by atoms with Crippen LogP contribution in [0, 0.1) is 0 Å². The number of allylic oxidation sites excluding steroid dienone is 3. The molecule has 3 heteroatoms. The molecule has 0 aromatic heterocycles. The van der Waals surface area contributed by atoms with E-state index in [1.165, 1.54) is 24.8 Å². The van der Waals surface area contributed by atoms with Crippen LogP contribution in [-0.4, -0.2) is 35.5 Å². The van der Waals surface area contributed by atoms with E-state index in [1.54, 1.807) is 0 Å². The van der Waals surface area contributed by atoms with Crippen LogP contribution in [-0.2, 0) is 0 Å². The van der Waals surface area contributed by atoms with Crippen molar-refractivity contribution < 1.29 is 5.21 Å². The molecule has 1 aliphatic heterocycles. The summed E-state index contributed by atoms with van der Waals surface area (Å²) in [6.45, 7) is 3.08. The molecule has 0 unspecified atom stereocenters. The van der Waals surface area contributed by atoms with E-state index >= 15 is 0 Å². The van der Waals surface area contributed by atoms with Crippen LogP contribution >= 0.6 is 0 Å². The van der Waals surface area contributed by atoms with Crippen LogP contribution in [0.25, 0.3) is 0 Å². The minimum absolute atomic E-state index is 0.802. The first-order valence-electron chi connectivity index (χ1n) is 6.19. The number of likely N-dealkylation sites (tertiary alicyclic amines) is 1. The Balaban J connectivity index is 1.94. The number of oxime groups is 1. The summed E-state index contributed by atoms with van der Waals surface area (Å²) in [6, 6.07) is 0. The molecular formula is C13H20N2O. The fourth-order valence-corrected chi connectivity index (χ4v) is 2.37. The zero-order valence-electron chi connectivity index (χ0n) is 9.73. The van der Waals surface area contributed by atoms with Gasteiger partial charge in [-0.05, 0) is 44.3 Å². The lowest BCUT2D eigenvalue weighted by molar-refractivity contribution is 0.252. The zero-order valence-corrected chi connectivity index (χ0v) is 9.73. The molecule has 0 spiro atoms. The third kappa shape index (κ3) is 2.95. The number of hydrogen-bond acceptors (Lipinski definition) is 3. The average Bonchev–Trinajstić information content (AvgIpc) is 2.38. The molecule has 1 aliphatic carbocycles. The normalized spacial score (nSPS) is 23.2. The van der Waals surface area contributed by atoms with Gasteiger partial charge in [0, 0.05) is 6.54 Å². The van der Waals surface area contributed by atoms with Gasteiger partial charge in [-0.15, -0.1) is 0 Å². The van der Waals surface area contributed by atoms with E-state index in [2.05, 4.69) is 28.3 Å². The van der Waals surface area contributed by atoms with Crippen molar-refractivity contribution in [3.8, 4) is 0 Å². The Morgan fingerprint density at radius 3 is 2.75 bits per heavy atom. The first-order valence-corrected chi connectivity index (χ1v) is 6.19. The fourth-order valence-electron chi connectivity index (χ4n) is 2.37. The Kier molecular flexibility index (Phi) is 4.17. The van der Waals surface area contributed by atoms with Crippen molar-refractivity contribution in [2.24, 2.45) is 5.16 Å². The van der Waals surface area contributed by atoms with Crippen molar-refractivity contribution in [3.63, 3.8) is 0 Å². The number of hydrogen-bond donors (Lipinski definition) is 1. The van der Waals surface area contributed by atoms with Gasteiger partial charge in [0.15, 0.2) is 0 Å². The number of nitrogens with zero attached hydrogens (tertiary/aromatic N) is 2. The minimum atomic E-state index is 0.802. The van der Waals surface area contributed by atoms with Gasteiger partial charge in [-0.3, -0.25) is 4.90 Å². The molecule has 0 bridgehead atoms. The van der Waals surface area contributed by atoms with Gasteiger partial charge < -0.3 is 5.21 Å². The fraction of sp³-hybridized carbons (Fsp3) is 0.615. The van der Waals surface area contributed by atoms with Gasteiger partial charge in [-0.2, -0.15) is 0 Å². The van der Waals surface area contributed by atoms with Crippen LogP contribution in [0.5, 0.6) is 0 Å². The Bertz CT molecular complexity index is 312. The van der Waals surface area contributed by atoms with Gasteiger partial charge in [0.05, 0.1) is 5.71 Å². The predicted molar refractivity (Wildman–Crippen MR) is 66.0 cm³/mol. The zero-order chi connectivity index (χ0) is 11.2. The summed E-state index contributed by atoms with van der Waals surface area (Å²) in [5.41, 5.74) is 2.04. The smallest absolute Gasteiger partial charge is 0.0967 e. The summed E-state index contributed by atoms with van der Waals surface area (Å²) in [4.78, 5) is 2.39. The first kappa shape index (κ1) is 11.4. The molecule has 0 aromatic rings. The van der Waals surface area contributed by atoms with E-state index in [9.17, 15) is 0 Å². The average molecular weight is 220 g/mol. The molecule has 0 radical (unpaired) electrons. The van der Waals surface area contributed by atoms with E-state index in [-0.39, 0.29) is 0 Å². The molecule has 2 aliphatic rings. The topological polar surface area (TPSA) is 35.8 Å². The summed E-state index contributed by atoms with van der Waals surface area (Å²) < 4.78 is 0. The molecule has 88 valence electrons. The number of piperidine rings is 1. The Hall–Kier alpha value is -1.09. The molecule has 3 nitrogen and oxygen atoms in total. The van der Waals surface area contributed by atoms with Crippen molar-refractivity contribution in [1.29, 1.82) is 0 Å². The van der Waals surface area contributed by atoms with Gasteiger partial charge >= 0.3 is 0 Å². The highest BCUT2D eigenvalue weighted by molar-refractivity contribution is 6.01. The van der Waals surface area contributed by atoms with Gasteiger partial charge in [0.2, 0.25) is 0 Å². The molecule has 1 N–H and O–H groups in total. The lowest BCUT2D eigenvalue weighted by Crippen LogP contribution is -2.35. The molecule has 0 atom stereocenters. The van der Waals surface area contributed by atoms with E-state index in [1.807, 2.05) is 0 Å². The molecule has 0 saturated carbocycles. The summed E-state index contributed by atoms with van der Waals surface area (Å²) in [6.07, 6.45) is 12.2. The molecule has 1 heterocycles. The van der Waals surface area contributed by atoms with Crippen LogP contribution in [0.3, 0.4) is 0 Å². The highest BCUT2D eigenvalue weighted by Gasteiger charge is 2.16. The van der Waals surface area contributed by atoms with Gasteiger partial charge in [0.25, 0.3) is 0 Å². The van der Waals surface area contributed by atoms with Gasteiger partial charge in [-0.1, -0.05) is 29.8 Å². The summed E-state index contributed by atoms with van der Waals surface area (Å²) in [5, 5.41) is 12.6. The van der Waals surface area contributed by atoms with Crippen LogP contribution in [0.2, 0.25) is 0 Å².